The quantitative estimate of drug-likeness (QED) is 0.883. The van der Waals surface area contributed by atoms with Crippen LogP contribution in [0.3, 0.4) is 0 Å². The van der Waals surface area contributed by atoms with Crippen LogP contribution in [0, 0.1) is 13.8 Å². The van der Waals surface area contributed by atoms with E-state index in [1.54, 1.807) is 30.0 Å². The molecular formula is C18H23N3O3. The van der Waals surface area contributed by atoms with E-state index in [0.717, 1.165) is 12.0 Å². The number of hydrogen-bond donors (Lipinski definition) is 1. The normalized spacial score (nSPS) is 11.8. The molecule has 0 saturated heterocycles. The van der Waals surface area contributed by atoms with E-state index in [1.165, 1.54) is 0 Å². The van der Waals surface area contributed by atoms with Gasteiger partial charge in [0.05, 0.1) is 0 Å². The number of anilines is 1. The van der Waals surface area contributed by atoms with Crippen LogP contribution >= 0.6 is 0 Å². The summed E-state index contributed by atoms with van der Waals surface area (Å²) in [6.07, 6.45) is 0.758. The molecule has 0 fully saturated rings. The molecule has 0 bridgehead atoms. The Balaban J connectivity index is 2.11. The fourth-order valence-electron chi connectivity index (χ4n) is 2.27. The van der Waals surface area contributed by atoms with Crippen molar-refractivity contribution in [2.75, 3.05) is 11.9 Å². The summed E-state index contributed by atoms with van der Waals surface area (Å²) >= 11 is 0. The smallest absolute Gasteiger partial charge is 0.254 e. The van der Waals surface area contributed by atoms with Gasteiger partial charge in [0.25, 0.3) is 5.91 Å². The molecule has 24 heavy (non-hydrogen) atoms. The van der Waals surface area contributed by atoms with Crippen LogP contribution in [0.15, 0.2) is 34.9 Å². The average Bonchev–Trinajstić information content (AvgIpc) is 2.96. The van der Waals surface area contributed by atoms with E-state index < -0.39 is 0 Å². The molecule has 128 valence electrons. The molecule has 1 aromatic heterocycles. The lowest BCUT2D eigenvalue weighted by molar-refractivity contribution is -0.117. The second-order valence-corrected chi connectivity index (χ2v) is 5.93. The minimum absolute atomic E-state index is 0.0341. The molecule has 2 rings (SSSR count). The highest BCUT2D eigenvalue weighted by Gasteiger charge is 2.23. The number of rotatable bonds is 6. The van der Waals surface area contributed by atoms with Crippen molar-refractivity contribution in [3.05, 3.63) is 47.2 Å². The first-order valence-corrected chi connectivity index (χ1v) is 8.01. The average molecular weight is 329 g/mol. The second kappa shape index (κ2) is 7.77. The predicted molar refractivity (Wildman–Crippen MR) is 91.8 cm³/mol. The number of carbonyl (C=O) groups is 2. The molecule has 1 N–H and O–H groups in total. The summed E-state index contributed by atoms with van der Waals surface area (Å²) in [6, 6.07) is 8.93. The van der Waals surface area contributed by atoms with Crippen molar-refractivity contribution >= 4 is 17.6 Å². The van der Waals surface area contributed by atoms with Gasteiger partial charge in [-0.2, -0.15) is 0 Å². The van der Waals surface area contributed by atoms with E-state index in [-0.39, 0.29) is 24.4 Å². The lowest BCUT2D eigenvalue weighted by atomic mass is 10.1. The van der Waals surface area contributed by atoms with Crippen LogP contribution in [0.25, 0.3) is 0 Å². The van der Waals surface area contributed by atoms with E-state index in [9.17, 15) is 9.59 Å². The molecular weight excluding hydrogens is 306 g/mol. The molecule has 6 heteroatoms. The summed E-state index contributed by atoms with van der Waals surface area (Å²) in [5.74, 6) is 0.504. The van der Waals surface area contributed by atoms with Gasteiger partial charge in [-0.05, 0) is 39.3 Å². The third kappa shape index (κ3) is 4.44. The Kier molecular flexibility index (Phi) is 5.73. The molecule has 1 heterocycles. The SMILES string of the molecule is CCC(C)N(CC(=O)Nc1cc(C)on1)C(=O)c1ccc(C)cc1. The van der Waals surface area contributed by atoms with Gasteiger partial charge in [0.15, 0.2) is 5.82 Å². The summed E-state index contributed by atoms with van der Waals surface area (Å²) in [5.41, 5.74) is 1.66. The minimum Gasteiger partial charge on any atom is -0.360 e. The van der Waals surface area contributed by atoms with Crippen LogP contribution in [-0.2, 0) is 4.79 Å². The zero-order chi connectivity index (χ0) is 17.7. The highest BCUT2D eigenvalue weighted by molar-refractivity contribution is 5.99. The molecule has 0 aliphatic carbocycles. The van der Waals surface area contributed by atoms with Crippen LogP contribution in [0.1, 0.15) is 41.9 Å². The van der Waals surface area contributed by atoms with Gasteiger partial charge in [-0.1, -0.05) is 29.8 Å². The Labute approximate surface area is 141 Å². The highest BCUT2D eigenvalue weighted by Crippen LogP contribution is 2.13. The first-order valence-electron chi connectivity index (χ1n) is 8.01. The van der Waals surface area contributed by atoms with Crippen molar-refractivity contribution in [3.8, 4) is 0 Å². The van der Waals surface area contributed by atoms with Gasteiger partial charge in [-0.15, -0.1) is 0 Å². The van der Waals surface area contributed by atoms with Gasteiger partial charge in [0.2, 0.25) is 5.91 Å². The van der Waals surface area contributed by atoms with E-state index >= 15 is 0 Å². The van der Waals surface area contributed by atoms with Crippen LogP contribution in [0.2, 0.25) is 0 Å². The van der Waals surface area contributed by atoms with Gasteiger partial charge >= 0.3 is 0 Å². The third-order valence-electron chi connectivity index (χ3n) is 3.89. The number of hydrogen-bond acceptors (Lipinski definition) is 4. The lowest BCUT2D eigenvalue weighted by Crippen LogP contribution is -2.43. The summed E-state index contributed by atoms with van der Waals surface area (Å²) in [7, 11) is 0. The van der Waals surface area contributed by atoms with Gasteiger partial charge in [0, 0.05) is 17.7 Å². The first-order chi connectivity index (χ1) is 11.4. The zero-order valence-corrected chi connectivity index (χ0v) is 14.5. The molecule has 0 aliphatic rings. The van der Waals surface area contributed by atoms with Crippen LogP contribution < -0.4 is 5.32 Å². The standard InChI is InChI=1S/C18H23N3O3/c1-5-13(3)21(18(23)15-8-6-12(2)7-9-15)11-17(22)19-16-10-14(4)24-20-16/h6-10,13H,5,11H2,1-4H3,(H,19,20,22). The van der Waals surface area contributed by atoms with E-state index in [1.807, 2.05) is 32.9 Å². The predicted octanol–water partition coefficient (Wildman–Crippen LogP) is 3.17. The van der Waals surface area contributed by atoms with Gasteiger partial charge in [-0.25, -0.2) is 0 Å². The van der Waals surface area contributed by atoms with E-state index in [4.69, 9.17) is 4.52 Å². The Bertz CT molecular complexity index is 707. The van der Waals surface area contributed by atoms with E-state index in [2.05, 4.69) is 10.5 Å². The van der Waals surface area contributed by atoms with Gasteiger partial charge in [-0.3, -0.25) is 9.59 Å². The summed E-state index contributed by atoms with van der Waals surface area (Å²) in [6.45, 7) is 7.59. The first kappa shape index (κ1) is 17.7. The third-order valence-corrected chi connectivity index (χ3v) is 3.89. The maximum atomic E-state index is 12.8. The van der Waals surface area contributed by atoms with Crippen LogP contribution in [0.5, 0.6) is 0 Å². The molecule has 0 spiro atoms. The summed E-state index contributed by atoms with van der Waals surface area (Å²) in [5, 5.41) is 6.38. The number of aryl methyl sites for hydroxylation is 2. The molecule has 6 nitrogen and oxygen atoms in total. The Hall–Kier alpha value is -2.63. The number of amides is 2. The minimum atomic E-state index is -0.302. The molecule has 0 radical (unpaired) electrons. The van der Waals surface area contributed by atoms with Crippen molar-refractivity contribution in [3.63, 3.8) is 0 Å². The van der Waals surface area contributed by atoms with Crippen LogP contribution in [0.4, 0.5) is 5.82 Å². The topological polar surface area (TPSA) is 75.4 Å². The van der Waals surface area contributed by atoms with Crippen molar-refractivity contribution < 1.29 is 14.1 Å². The fourth-order valence-corrected chi connectivity index (χ4v) is 2.27. The van der Waals surface area contributed by atoms with Crippen molar-refractivity contribution in [1.29, 1.82) is 0 Å². The molecule has 1 aromatic carbocycles. The molecule has 0 saturated carbocycles. The molecule has 2 aromatic rings. The number of nitrogens with one attached hydrogen (secondary N) is 1. The second-order valence-electron chi connectivity index (χ2n) is 5.93. The van der Waals surface area contributed by atoms with Crippen molar-refractivity contribution in [2.24, 2.45) is 0 Å². The zero-order valence-electron chi connectivity index (χ0n) is 14.5. The maximum absolute atomic E-state index is 12.8. The number of carbonyl (C=O) groups excluding carboxylic acids is 2. The van der Waals surface area contributed by atoms with Crippen molar-refractivity contribution in [2.45, 2.75) is 40.2 Å². The van der Waals surface area contributed by atoms with E-state index in [0.29, 0.717) is 17.1 Å². The molecule has 1 unspecified atom stereocenters. The number of aromatic nitrogens is 1. The maximum Gasteiger partial charge on any atom is 0.254 e. The Morgan fingerprint density at radius 2 is 1.92 bits per heavy atom. The number of benzene rings is 1. The van der Waals surface area contributed by atoms with Crippen molar-refractivity contribution in [1.82, 2.24) is 10.1 Å². The fraction of sp³-hybridized carbons (Fsp3) is 0.389. The lowest BCUT2D eigenvalue weighted by Gasteiger charge is -2.28. The summed E-state index contributed by atoms with van der Waals surface area (Å²) < 4.78 is 4.92. The van der Waals surface area contributed by atoms with Gasteiger partial charge < -0.3 is 14.7 Å². The highest BCUT2D eigenvalue weighted by atomic mass is 16.5. The largest absolute Gasteiger partial charge is 0.360 e. The van der Waals surface area contributed by atoms with Gasteiger partial charge in [0.1, 0.15) is 12.3 Å². The Morgan fingerprint density at radius 1 is 1.25 bits per heavy atom. The molecule has 0 aliphatic heterocycles. The van der Waals surface area contributed by atoms with Crippen LogP contribution in [-0.4, -0.2) is 34.5 Å². The monoisotopic (exact) mass is 329 g/mol. The summed E-state index contributed by atoms with van der Waals surface area (Å²) in [4.78, 5) is 26.6. The molecule has 1 atom stereocenters. The Morgan fingerprint density at radius 3 is 2.46 bits per heavy atom. The molecule has 2 amide bonds. The number of nitrogens with zero attached hydrogens (tertiary/aromatic N) is 2.